The van der Waals surface area contributed by atoms with Crippen LogP contribution in [0.15, 0.2) is 85.1 Å². The van der Waals surface area contributed by atoms with Crippen LogP contribution >= 0.6 is 0 Å². The molecule has 108 valence electrons. The van der Waals surface area contributed by atoms with E-state index in [1.807, 2.05) is 18.3 Å². The molecule has 0 amide bonds. The van der Waals surface area contributed by atoms with Crippen LogP contribution in [0.5, 0.6) is 0 Å². The largest absolute Gasteiger partial charge is 0.308 e. The van der Waals surface area contributed by atoms with E-state index in [-0.39, 0.29) is 0 Å². The Kier molecular flexibility index (Phi) is 2.53. The molecule has 0 saturated heterocycles. The standard InChI is InChI=1S/C21H14N2/c1-4-10-19-15(7-1)13-16(14-22-19)23-20-11-5-2-8-17(20)18-9-3-6-12-21(18)23/h1-14H. The maximum absolute atomic E-state index is 4.63. The predicted octanol–water partition coefficient (Wildman–Crippen LogP) is 5.33. The zero-order valence-electron chi connectivity index (χ0n) is 12.5. The van der Waals surface area contributed by atoms with Crippen LogP contribution in [-0.4, -0.2) is 9.55 Å². The number of pyridine rings is 1. The number of hydrogen-bond acceptors (Lipinski definition) is 1. The molecule has 0 N–H and O–H groups in total. The van der Waals surface area contributed by atoms with Gasteiger partial charge in [0.1, 0.15) is 0 Å². The van der Waals surface area contributed by atoms with Crippen LogP contribution in [0.1, 0.15) is 0 Å². The monoisotopic (exact) mass is 294 g/mol. The molecule has 0 aliphatic heterocycles. The van der Waals surface area contributed by atoms with Crippen LogP contribution in [0.2, 0.25) is 0 Å². The van der Waals surface area contributed by atoms with Gasteiger partial charge in [0, 0.05) is 16.2 Å². The molecule has 0 aliphatic rings. The Balaban J connectivity index is 1.93. The summed E-state index contributed by atoms with van der Waals surface area (Å²) in [6, 6.07) is 27.5. The van der Waals surface area contributed by atoms with Gasteiger partial charge in [0.25, 0.3) is 0 Å². The van der Waals surface area contributed by atoms with Gasteiger partial charge in [-0.3, -0.25) is 4.98 Å². The number of nitrogens with zero attached hydrogens (tertiary/aromatic N) is 2. The van der Waals surface area contributed by atoms with Crippen molar-refractivity contribution in [2.45, 2.75) is 0 Å². The predicted molar refractivity (Wildman–Crippen MR) is 96.1 cm³/mol. The molecule has 5 aromatic rings. The highest BCUT2D eigenvalue weighted by molar-refractivity contribution is 6.09. The molecule has 5 rings (SSSR count). The molecule has 3 aromatic carbocycles. The quantitative estimate of drug-likeness (QED) is 0.408. The van der Waals surface area contributed by atoms with Crippen molar-refractivity contribution in [1.82, 2.24) is 9.55 Å². The lowest BCUT2D eigenvalue weighted by molar-refractivity contribution is 1.16. The third kappa shape index (κ3) is 1.78. The van der Waals surface area contributed by atoms with Crippen molar-refractivity contribution in [3.8, 4) is 5.69 Å². The van der Waals surface area contributed by atoms with E-state index >= 15 is 0 Å². The number of para-hydroxylation sites is 3. The molecule has 0 saturated carbocycles. The van der Waals surface area contributed by atoms with Gasteiger partial charge in [-0.25, -0.2) is 0 Å². The van der Waals surface area contributed by atoms with Gasteiger partial charge < -0.3 is 4.57 Å². The smallest absolute Gasteiger partial charge is 0.0703 e. The molecule has 0 atom stereocenters. The second-order valence-corrected chi connectivity index (χ2v) is 5.76. The molecular weight excluding hydrogens is 280 g/mol. The molecule has 0 aliphatic carbocycles. The second-order valence-electron chi connectivity index (χ2n) is 5.76. The van der Waals surface area contributed by atoms with Gasteiger partial charge in [0.15, 0.2) is 0 Å². The van der Waals surface area contributed by atoms with E-state index in [0.717, 1.165) is 16.6 Å². The SMILES string of the molecule is c1ccc2ncc(-n3c4ccccc4c4ccccc43)cc2c1. The number of hydrogen-bond donors (Lipinski definition) is 0. The minimum absolute atomic E-state index is 1.03. The Morgan fingerprint density at radius 3 is 2.00 bits per heavy atom. The number of benzene rings is 3. The molecular formula is C21H14N2. The summed E-state index contributed by atoms with van der Waals surface area (Å²) in [6.07, 6.45) is 1.96. The van der Waals surface area contributed by atoms with Crippen LogP contribution in [-0.2, 0) is 0 Å². The first kappa shape index (κ1) is 12.4. The lowest BCUT2D eigenvalue weighted by atomic mass is 10.2. The van der Waals surface area contributed by atoms with Gasteiger partial charge in [-0.05, 0) is 24.3 Å². The molecule has 0 radical (unpaired) electrons. The lowest BCUT2D eigenvalue weighted by Crippen LogP contribution is -1.94. The summed E-state index contributed by atoms with van der Waals surface area (Å²) in [5.74, 6) is 0. The average Bonchev–Trinajstić information content (AvgIpc) is 2.96. The molecule has 0 unspecified atom stereocenters. The van der Waals surface area contributed by atoms with Crippen LogP contribution in [0, 0.1) is 0 Å². The zero-order valence-corrected chi connectivity index (χ0v) is 12.5. The van der Waals surface area contributed by atoms with Crippen LogP contribution in [0.4, 0.5) is 0 Å². The average molecular weight is 294 g/mol. The Hall–Kier alpha value is -3.13. The topological polar surface area (TPSA) is 17.8 Å². The van der Waals surface area contributed by atoms with E-state index in [4.69, 9.17) is 0 Å². The summed E-state index contributed by atoms with van der Waals surface area (Å²) in [4.78, 5) is 4.63. The Labute approximate surface area is 133 Å². The summed E-state index contributed by atoms with van der Waals surface area (Å²) in [5.41, 5.74) is 4.55. The minimum Gasteiger partial charge on any atom is -0.308 e. The molecule has 0 fully saturated rings. The van der Waals surface area contributed by atoms with Gasteiger partial charge in [0.2, 0.25) is 0 Å². The molecule has 2 nitrogen and oxygen atoms in total. The van der Waals surface area contributed by atoms with Crippen LogP contribution < -0.4 is 0 Å². The van der Waals surface area contributed by atoms with E-state index < -0.39 is 0 Å². The van der Waals surface area contributed by atoms with Crippen molar-refractivity contribution >= 4 is 32.7 Å². The normalized spacial score (nSPS) is 11.5. The van der Waals surface area contributed by atoms with E-state index in [2.05, 4.69) is 76.3 Å². The molecule has 2 heterocycles. The van der Waals surface area contributed by atoms with Gasteiger partial charge in [-0.15, -0.1) is 0 Å². The highest BCUT2D eigenvalue weighted by Gasteiger charge is 2.11. The number of rotatable bonds is 1. The van der Waals surface area contributed by atoms with Crippen molar-refractivity contribution in [3.63, 3.8) is 0 Å². The summed E-state index contributed by atoms with van der Waals surface area (Å²) >= 11 is 0. The minimum atomic E-state index is 1.03. The first-order chi connectivity index (χ1) is 11.4. The van der Waals surface area contributed by atoms with Crippen molar-refractivity contribution in [3.05, 3.63) is 85.1 Å². The lowest BCUT2D eigenvalue weighted by Gasteiger charge is -2.08. The van der Waals surface area contributed by atoms with Gasteiger partial charge in [-0.2, -0.15) is 0 Å². The van der Waals surface area contributed by atoms with E-state index in [1.165, 1.54) is 21.8 Å². The van der Waals surface area contributed by atoms with Gasteiger partial charge >= 0.3 is 0 Å². The van der Waals surface area contributed by atoms with Crippen molar-refractivity contribution < 1.29 is 0 Å². The maximum atomic E-state index is 4.63. The summed E-state index contributed by atoms with van der Waals surface area (Å²) in [6.45, 7) is 0. The fourth-order valence-electron chi connectivity index (χ4n) is 3.38. The molecule has 0 bridgehead atoms. The molecule has 2 aromatic heterocycles. The van der Waals surface area contributed by atoms with Gasteiger partial charge in [0.05, 0.1) is 28.4 Å². The van der Waals surface area contributed by atoms with Crippen molar-refractivity contribution in [2.75, 3.05) is 0 Å². The fraction of sp³-hybridized carbons (Fsp3) is 0. The fourth-order valence-corrected chi connectivity index (χ4v) is 3.38. The highest BCUT2D eigenvalue weighted by Crippen LogP contribution is 2.32. The van der Waals surface area contributed by atoms with Crippen molar-refractivity contribution in [2.24, 2.45) is 0 Å². The molecule has 23 heavy (non-hydrogen) atoms. The first-order valence-electron chi connectivity index (χ1n) is 7.75. The first-order valence-corrected chi connectivity index (χ1v) is 7.75. The summed E-state index contributed by atoms with van der Waals surface area (Å²) in [7, 11) is 0. The highest BCUT2D eigenvalue weighted by atomic mass is 15.0. The van der Waals surface area contributed by atoms with Gasteiger partial charge in [-0.1, -0.05) is 54.6 Å². The summed E-state index contributed by atoms with van der Waals surface area (Å²) in [5, 5.41) is 3.71. The molecule has 0 spiro atoms. The van der Waals surface area contributed by atoms with Crippen molar-refractivity contribution in [1.29, 1.82) is 0 Å². The maximum Gasteiger partial charge on any atom is 0.0703 e. The molecule has 2 heteroatoms. The zero-order chi connectivity index (χ0) is 15.2. The van der Waals surface area contributed by atoms with E-state index in [9.17, 15) is 0 Å². The third-order valence-corrected chi connectivity index (χ3v) is 4.41. The number of aromatic nitrogens is 2. The second kappa shape index (κ2) is 4.68. The van der Waals surface area contributed by atoms with Crippen LogP contribution in [0.3, 0.4) is 0 Å². The Bertz CT molecular complexity index is 1110. The Morgan fingerprint density at radius 1 is 0.652 bits per heavy atom. The Morgan fingerprint density at radius 2 is 1.26 bits per heavy atom. The third-order valence-electron chi connectivity index (χ3n) is 4.41. The van der Waals surface area contributed by atoms with E-state index in [0.29, 0.717) is 0 Å². The van der Waals surface area contributed by atoms with E-state index in [1.54, 1.807) is 0 Å². The van der Waals surface area contributed by atoms with Crippen LogP contribution in [0.25, 0.3) is 38.4 Å². The number of fused-ring (bicyclic) bond motifs is 4. The summed E-state index contributed by atoms with van der Waals surface area (Å²) < 4.78 is 2.30.